The van der Waals surface area contributed by atoms with Gasteiger partial charge in [0.25, 0.3) is 0 Å². The molecule has 3 nitrogen and oxygen atoms in total. The fraction of sp³-hybridized carbons (Fsp3) is 0.111. The molecule has 0 radical (unpaired) electrons. The van der Waals surface area contributed by atoms with Gasteiger partial charge in [-0.3, -0.25) is 4.98 Å². The monoisotopic (exact) mass is 215 g/mol. The summed E-state index contributed by atoms with van der Waals surface area (Å²) >= 11 is 0. The predicted molar refractivity (Wildman–Crippen MR) is 43.8 cm³/mol. The van der Waals surface area contributed by atoms with Crippen molar-refractivity contribution in [1.29, 1.82) is 0 Å². The zero-order valence-electron chi connectivity index (χ0n) is 7.17. The Morgan fingerprint density at radius 3 is 2.67 bits per heavy atom. The van der Waals surface area contributed by atoms with Gasteiger partial charge in [0, 0.05) is 18.3 Å². The summed E-state index contributed by atoms with van der Waals surface area (Å²) in [5.74, 6) is 1.99. The molecule has 0 aliphatic heterocycles. The number of alkyl halides is 3. The standard InChI is InChI=1S/C9H4F3NO2/c10-9(11,12)7-3-4-13-5-6(7)1-2-8(14)15/h3-5H,(H,14,15). The lowest BCUT2D eigenvalue weighted by molar-refractivity contribution is -0.138. The van der Waals surface area contributed by atoms with Gasteiger partial charge in [-0.05, 0) is 6.07 Å². The number of carbonyl (C=O) groups is 1. The summed E-state index contributed by atoms with van der Waals surface area (Å²) in [6, 6.07) is 0.742. The molecule has 0 fully saturated rings. The molecule has 1 heterocycles. The Morgan fingerprint density at radius 2 is 2.13 bits per heavy atom. The zero-order valence-corrected chi connectivity index (χ0v) is 7.17. The van der Waals surface area contributed by atoms with E-state index in [-0.39, 0.29) is 0 Å². The SMILES string of the molecule is O=C(O)C#Cc1cnccc1C(F)(F)F. The average molecular weight is 215 g/mol. The fourth-order valence-electron chi connectivity index (χ4n) is 0.862. The van der Waals surface area contributed by atoms with Gasteiger partial charge in [0.2, 0.25) is 0 Å². The number of carboxylic acids is 1. The summed E-state index contributed by atoms with van der Waals surface area (Å²) in [5.41, 5.74) is -1.45. The van der Waals surface area contributed by atoms with E-state index >= 15 is 0 Å². The van der Waals surface area contributed by atoms with E-state index in [1.165, 1.54) is 0 Å². The maximum atomic E-state index is 12.3. The van der Waals surface area contributed by atoms with Crippen LogP contribution in [-0.4, -0.2) is 16.1 Å². The number of hydrogen-bond donors (Lipinski definition) is 1. The molecule has 15 heavy (non-hydrogen) atoms. The van der Waals surface area contributed by atoms with Crippen molar-refractivity contribution in [3.63, 3.8) is 0 Å². The normalized spacial score (nSPS) is 10.3. The molecule has 0 aliphatic carbocycles. The van der Waals surface area contributed by atoms with Crippen molar-refractivity contribution in [2.24, 2.45) is 0 Å². The molecule has 1 N–H and O–H groups in total. The second-order valence-corrected chi connectivity index (χ2v) is 2.47. The first kappa shape index (κ1) is 11.0. The van der Waals surface area contributed by atoms with Crippen molar-refractivity contribution in [1.82, 2.24) is 4.98 Å². The van der Waals surface area contributed by atoms with Crippen LogP contribution < -0.4 is 0 Å². The number of nitrogens with zero attached hydrogens (tertiary/aromatic N) is 1. The number of halogens is 3. The minimum absolute atomic E-state index is 0.451. The van der Waals surface area contributed by atoms with E-state index in [0.717, 1.165) is 18.5 Å². The molecule has 0 aromatic carbocycles. The van der Waals surface area contributed by atoms with Gasteiger partial charge in [0.1, 0.15) is 0 Å². The van der Waals surface area contributed by atoms with Gasteiger partial charge < -0.3 is 5.11 Å². The second kappa shape index (κ2) is 4.00. The third-order valence-corrected chi connectivity index (χ3v) is 1.43. The van der Waals surface area contributed by atoms with Gasteiger partial charge in [-0.2, -0.15) is 13.2 Å². The number of pyridine rings is 1. The molecule has 0 spiro atoms. The minimum Gasteiger partial charge on any atom is -0.472 e. The third kappa shape index (κ3) is 2.98. The first-order valence-corrected chi connectivity index (χ1v) is 3.67. The molecular formula is C9H4F3NO2. The molecule has 1 aromatic heterocycles. The summed E-state index contributed by atoms with van der Waals surface area (Å²) in [4.78, 5) is 13.5. The summed E-state index contributed by atoms with van der Waals surface area (Å²) < 4.78 is 37.0. The maximum absolute atomic E-state index is 12.3. The molecule has 6 heteroatoms. The van der Waals surface area contributed by atoms with Crippen molar-refractivity contribution in [2.45, 2.75) is 6.18 Å². The molecule has 1 rings (SSSR count). The molecule has 0 saturated heterocycles. The molecule has 0 amide bonds. The van der Waals surface area contributed by atoms with Crippen molar-refractivity contribution < 1.29 is 23.1 Å². The van der Waals surface area contributed by atoms with E-state index in [0.29, 0.717) is 0 Å². The Kier molecular flexibility index (Phi) is 2.95. The summed E-state index contributed by atoms with van der Waals surface area (Å²) in [5, 5.41) is 8.19. The smallest absolute Gasteiger partial charge is 0.417 e. The Balaban J connectivity index is 3.21. The fourth-order valence-corrected chi connectivity index (χ4v) is 0.862. The summed E-state index contributed by atoms with van der Waals surface area (Å²) in [6.07, 6.45) is -2.72. The van der Waals surface area contributed by atoms with Crippen molar-refractivity contribution >= 4 is 5.97 Å². The van der Waals surface area contributed by atoms with E-state index in [9.17, 15) is 18.0 Å². The first-order valence-electron chi connectivity index (χ1n) is 3.67. The van der Waals surface area contributed by atoms with Crippen molar-refractivity contribution in [2.75, 3.05) is 0 Å². The average Bonchev–Trinajstić information content (AvgIpc) is 2.13. The van der Waals surface area contributed by atoms with E-state index in [4.69, 9.17) is 5.11 Å². The molecule has 0 aliphatic rings. The second-order valence-electron chi connectivity index (χ2n) is 2.47. The van der Waals surface area contributed by atoms with Crippen LogP contribution in [0.4, 0.5) is 13.2 Å². The van der Waals surface area contributed by atoms with Crippen molar-refractivity contribution in [3.05, 3.63) is 29.6 Å². The highest BCUT2D eigenvalue weighted by Gasteiger charge is 2.32. The van der Waals surface area contributed by atoms with E-state index in [2.05, 4.69) is 4.98 Å². The summed E-state index contributed by atoms with van der Waals surface area (Å²) in [6.45, 7) is 0. The minimum atomic E-state index is -4.56. The molecule has 1 aromatic rings. The quantitative estimate of drug-likeness (QED) is 0.668. The lowest BCUT2D eigenvalue weighted by atomic mass is 10.1. The Hall–Kier alpha value is -2.03. The molecule has 0 unspecified atom stereocenters. The molecular weight excluding hydrogens is 211 g/mol. The van der Waals surface area contributed by atoms with Gasteiger partial charge in [-0.1, -0.05) is 5.92 Å². The topological polar surface area (TPSA) is 50.2 Å². The van der Waals surface area contributed by atoms with Crippen LogP contribution >= 0.6 is 0 Å². The Labute approximate surface area is 82.6 Å². The Bertz CT molecular complexity index is 443. The predicted octanol–water partition coefficient (Wildman–Crippen LogP) is 1.54. The van der Waals surface area contributed by atoms with Crippen LogP contribution in [0.2, 0.25) is 0 Å². The molecule has 0 atom stereocenters. The van der Waals surface area contributed by atoms with Crippen LogP contribution in [0.1, 0.15) is 11.1 Å². The highest BCUT2D eigenvalue weighted by Crippen LogP contribution is 2.30. The van der Waals surface area contributed by atoms with Gasteiger partial charge in [0.05, 0.1) is 11.1 Å². The van der Waals surface area contributed by atoms with Crippen LogP contribution in [0.3, 0.4) is 0 Å². The maximum Gasteiger partial charge on any atom is 0.417 e. The van der Waals surface area contributed by atoms with Crippen LogP contribution in [0.15, 0.2) is 18.5 Å². The lowest BCUT2D eigenvalue weighted by Crippen LogP contribution is -2.08. The largest absolute Gasteiger partial charge is 0.472 e. The highest BCUT2D eigenvalue weighted by atomic mass is 19.4. The highest BCUT2D eigenvalue weighted by molar-refractivity contribution is 5.87. The Morgan fingerprint density at radius 1 is 1.47 bits per heavy atom. The van der Waals surface area contributed by atoms with Crippen molar-refractivity contribution in [3.8, 4) is 11.8 Å². The van der Waals surface area contributed by atoms with Gasteiger partial charge >= 0.3 is 12.1 Å². The van der Waals surface area contributed by atoms with E-state index < -0.39 is 23.3 Å². The van der Waals surface area contributed by atoms with Crippen LogP contribution in [-0.2, 0) is 11.0 Å². The van der Waals surface area contributed by atoms with Crippen LogP contribution in [0, 0.1) is 11.8 Å². The number of carboxylic acid groups (broad SMARTS) is 1. The van der Waals surface area contributed by atoms with Gasteiger partial charge in [-0.15, -0.1) is 0 Å². The number of hydrogen-bond acceptors (Lipinski definition) is 2. The van der Waals surface area contributed by atoms with Crippen LogP contribution in [0.5, 0.6) is 0 Å². The van der Waals surface area contributed by atoms with Crippen LogP contribution in [0.25, 0.3) is 0 Å². The number of aliphatic carboxylic acids is 1. The third-order valence-electron chi connectivity index (χ3n) is 1.43. The van der Waals surface area contributed by atoms with Gasteiger partial charge in [-0.25, -0.2) is 4.79 Å². The van der Waals surface area contributed by atoms with E-state index in [1.54, 1.807) is 5.92 Å². The molecule has 78 valence electrons. The molecule has 0 saturated carbocycles. The zero-order chi connectivity index (χ0) is 11.5. The lowest BCUT2D eigenvalue weighted by Gasteiger charge is -2.07. The summed E-state index contributed by atoms with van der Waals surface area (Å²) in [7, 11) is 0. The van der Waals surface area contributed by atoms with Gasteiger partial charge in [0.15, 0.2) is 0 Å². The number of rotatable bonds is 0. The number of aromatic nitrogens is 1. The molecule has 0 bridgehead atoms. The first-order chi connectivity index (χ1) is 6.91. The van der Waals surface area contributed by atoms with E-state index in [1.807, 2.05) is 5.92 Å².